The summed E-state index contributed by atoms with van der Waals surface area (Å²) in [4.78, 5) is 0. The van der Waals surface area contributed by atoms with E-state index in [-0.39, 0.29) is 0 Å². The Labute approximate surface area is 131 Å². The van der Waals surface area contributed by atoms with Crippen LogP contribution in [-0.2, 0) is 0 Å². The first kappa shape index (κ1) is 14.0. The van der Waals surface area contributed by atoms with Crippen LogP contribution in [0.15, 0.2) is 91.0 Å². The Bertz CT molecular complexity index is 772. The molecule has 0 aliphatic rings. The lowest BCUT2D eigenvalue weighted by Gasteiger charge is -2.10. The van der Waals surface area contributed by atoms with E-state index >= 15 is 0 Å². The first-order valence-electron chi connectivity index (χ1n) is 7.31. The van der Waals surface area contributed by atoms with Crippen molar-refractivity contribution in [3.63, 3.8) is 0 Å². The summed E-state index contributed by atoms with van der Waals surface area (Å²) in [6, 6.07) is 30.1. The molecule has 0 aromatic heterocycles. The summed E-state index contributed by atoms with van der Waals surface area (Å²) in [7, 11) is 0. The highest BCUT2D eigenvalue weighted by Gasteiger charge is 2.10. The Kier molecular flexibility index (Phi) is 4.26. The lowest BCUT2D eigenvalue weighted by Crippen LogP contribution is -2.02. The fourth-order valence-corrected chi connectivity index (χ4v) is 2.39. The number of hydrogen-bond acceptors (Lipinski definition) is 1. The second kappa shape index (κ2) is 6.68. The highest BCUT2D eigenvalue weighted by atomic mass is 14.4. The van der Waals surface area contributed by atoms with Crippen molar-refractivity contribution in [2.45, 2.75) is 0 Å². The normalized spacial score (nSPS) is 11.2. The van der Waals surface area contributed by atoms with Gasteiger partial charge >= 0.3 is 0 Å². The van der Waals surface area contributed by atoms with Crippen molar-refractivity contribution in [1.82, 2.24) is 0 Å². The molecule has 0 saturated heterocycles. The van der Waals surface area contributed by atoms with Crippen LogP contribution < -0.4 is 0 Å². The molecule has 3 rings (SSSR count). The molecule has 1 heteroatoms. The zero-order valence-corrected chi connectivity index (χ0v) is 12.2. The van der Waals surface area contributed by atoms with E-state index in [0.29, 0.717) is 5.71 Å². The molecule has 3 aromatic carbocycles. The average Bonchev–Trinajstić information content (AvgIpc) is 2.61. The summed E-state index contributed by atoms with van der Waals surface area (Å²) in [5, 5.41) is 8.61. The maximum absolute atomic E-state index is 8.61. The van der Waals surface area contributed by atoms with Crippen LogP contribution in [0.5, 0.6) is 0 Å². The van der Waals surface area contributed by atoms with Gasteiger partial charge in [0.1, 0.15) is 0 Å². The van der Waals surface area contributed by atoms with Crippen LogP contribution in [0.2, 0.25) is 0 Å². The van der Waals surface area contributed by atoms with Gasteiger partial charge in [-0.25, -0.2) is 0 Å². The molecule has 22 heavy (non-hydrogen) atoms. The lowest BCUT2D eigenvalue weighted by atomic mass is 9.94. The van der Waals surface area contributed by atoms with E-state index in [4.69, 9.17) is 5.41 Å². The molecule has 0 aliphatic carbocycles. The third-order valence-electron chi connectivity index (χ3n) is 3.53. The van der Waals surface area contributed by atoms with Gasteiger partial charge in [0.15, 0.2) is 0 Å². The number of hydrogen-bond donors (Lipinski definition) is 1. The summed E-state index contributed by atoms with van der Waals surface area (Å²) in [5.41, 5.74) is 4.55. The van der Waals surface area contributed by atoms with Gasteiger partial charge < -0.3 is 0 Å². The minimum Gasteiger partial charge on any atom is -0.300 e. The predicted molar refractivity (Wildman–Crippen MR) is 94.0 cm³/mol. The Hall–Kier alpha value is -2.93. The summed E-state index contributed by atoms with van der Waals surface area (Å²) < 4.78 is 0. The standard InChI is InChI=1S/C21H17N/c22-21(19-14-8-3-9-15-19)20(18-12-6-2-7-13-18)16-17-10-4-1-5-11-17/h1-16,22H/b20-16+,22-21?. The largest absolute Gasteiger partial charge is 0.300 e. The molecule has 0 unspecified atom stereocenters. The summed E-state index contributed by atoms with van der Waals surface area (Å²) in [5.74, 6) is 0. The first-order chi connectivity index (χ1) is 10.8. The van der Waals surface area contributed by atoms with Gasteiger partial charge in [0.2, 0.25) is 0 Å². The third-order valence-corrected chi connectivity index (χ3v) is 3.53. The molecule has 1 nitrogen and oxygen atoms in total. The van der Waals surface area contributed by atoms with E-state index in [1.54, 1.807) is 0 Å². The van der Waals surface area contributed by atoms with Crippen molar-refractivity contribution in [1.29, 1.82) is 5.41 Å². The molecular weight excluding hydrogens is 266 g/mol. The topological polar surface area (TPSA) is 23.9 Å². The maximum Gasteiger partial charge on any atom is 0.0690 e. The van der Waals surface area contributed by atoms with Crippen LogP contribution in [0.25, 0.3) is 11.6 Å². The zero-order valence-electron chi connectivity index (χ0n) is 12.2. The van der Waals surface area contributed by atoms with Crippen LogP contribution in [0.3, 0.4) is 0 Å². The maximum atomic E-state index is 8.61. The van der Waals surface area contributed by atoms with Gasteiger partial charge in [-0.2, -0.15) is 0 Å². The molecule has 0 radical (unpaired) electrons. The molecular formula is C21H17N. The van der Waals surface area contributed by atoms with Crippen molar-refractivity contribution in [2.24, 2.45) is 0 Å². The third kappa shape index (κ3) is 3.21. The summed E-state index contributed by atoms with van der Waals surface area (Å²) >= 11 is 0. The molecule has 0 amide bonds. The fraction of sp³-hybridized carbons (Fsp3) is 0. The lowest BCUT2D eigenvalue weighted by molar-refractivity contribution is 1.49. The zero-order chi connectivity index (χ0) is 15.2. The van der Waals surface area contributed by atoms with Crippen molar-refractivity contribution in [2.75, 3.05) is 0 Å². The van der Waals surface area contributed by atoms with Crippen LogP contribution >= 0.6 is 0 Å². The van der Waals surface area contributed by atoms with E-state index in [1.807, 2.05) is 78.9 Å². The van der Waals surface area contributed by atoms with E-state index in [2.05, 4.69) is 18.2 Å². The van der Waals surface area contributed by atoms with Crippen LogP contribution in [0.4, 0.5) is 0 Å². The minimum atomic E-state index is 0.538. The van der Waals surface area contributed by atoms with Gasteiger partial charge in [-0.1, -0.05) is 91.0 Å². The molecule has 0 bridgehead atoms. The van der Waals surface area contributed by atoms with Gasteiger partial charge in [-0.3, -0.25) is 5.41 Å². The van der Waals surface area contributed by atoms with Crippen LogP contribution in [-0.4, -0.2) is 5.71 Å². The Balaban J connectivity index is 2.08. The van der Waals surface area contributed by atoms with Crippen LogP contribution in [0, 0.1) is 5.41 Å². The molecule has 1 N–H and O–H groups in total. The summed E-state index contributed by atoms with van der Waals surface area (Å²) in [6.45, 7) is 0. The fourth-order valence-electron chi connectivity index (χ4n) is 2.39. The number of benzene rings is 3. The second-order valence-corrected chi connectivity index (χ2v) is 5.08. The molecule has 0 heterocycles. The van der Waals surface area contributed by atoms with Gasteiger partial charge in [0.05, 0.1) is 5.71 Å². The van der Waals surface area contributed by atoms with Crippen molar-refractivity contribution in [3.05, 3.63) is 108 Å². The van der Waals surface area contributed by atoms with Gasteiger partial charge in [-0.05, 0) is 17.2 Å². The van der Waals surface area contributed by atoms with Crippen molar-refractivity contribution in [3.8, 4) is 0 Å². The molecule has 0 aliphatic heterocycles. The van der Waals surface area contributed by atoms with E-state index in [1.165, 1.54) is 0 Å². The SMILES string of the molecule is N=C(/C(=C/c1ccccc1)c1ccccc1)c1ccccc1. The molecule has 0 spiro atoms. The number of nitrogens with one attached hydrogen (secondary N) is 1. The molecule has 3 aromatic rings. The smallest absolute Gasteiger partial charge is 0.0690 e. The van der Waals surface area contributed by atoms with E-state index in [0.717, 1.165) is 22.3 Å². The molecule has 0 fully saturated rings. The highest BCUT2D eigenvalue weighted by Crippen LogP contribution is 2.22. The Morgan fingerprint density at radius 3 is 1.59 bits per heavy atom. The van der Waals surface area contributed by atoms with E-state index < -0.39 is 0 Å². The predicted octanol–water partition coefficient (Wildman–Crippen LogP) is 5.30. The Morgan fingerprint density at radius 2 is 1.05 bits per heavy atom. The first-order valence-corrected chi connectivity index (χ1v) is 7.31. The monoisotopic (exact) mass is 283 g/mol. The molecule has 106 valence electrons. The van der Waals surface area contributed by atoms with Crippen LogP contribution in [0.1, 0.15) is 16.7 Å². The Morgan fingerprint density at radius 1 is 0.591 bits per heavy atom. The second-order valence-electron chi connectivity index (χ2n) is 5.08. The van der Waals surface area contributed by atoms with Crippen molar-refractivity contribution >= 4 is 17.4 Å². The quantitative estimate of drug-likeness (QED) is 0.496. The van der Waals surface area contributed by atoms with Gasteiger partial charge in [-0.15, -0.1) is 0 Å². The van der Waals surface area contributed by atoms with E-state index in [9.17, 15) is 0 Å². The van der Waals surface area contributed by atoms with Gasteiger partial charge in [0, 0.05) is 11.1 Å². The number of allylic oxidation sites excluding steroid dienone is 1. The highest BCUT2D eigenvalue weighted by molar-refractivity contribution is 6.33. The number of rotatable bonds is 4. The molecule has 0 atom stereocenters. The molecule has 0 saturated carbocycles. The summed E-state index contributed by atoms with van der Waals surface area (Å²) in [6.07, 6.45) is 2.07. The average molecular weight is 283 g/mol. The van der Waals surface area contributed by atoms with Crippen molar-refractivity contribution < 1.29 is 0 Å². The minimum absolute atomic E-state index is 0.538. The van der Waals surface area contributed by atoms with Gasteiger partial charge in [0.25, 0.3) is 0 Å².